The lowest BCUT2D eigenvalue weighted by Gasteiger charge is -2.27. The van der Waals surface area contributed by atoms with Crippen LogP contribution in [0, 0.1) is 0 Å². The van der Waals surface area contributed by atoms with E-state index in [0.29, 0.717) is 0 Å². The number of anilines is 3. The minimum atomic E-state index is 1.13. The third-order valence-electron chi connectivity index (χ3n) is 10.6. The molecule has 0 saturated heterocycles. The summed E-state index contributed by atoms with van der Waals surface area (Å²) < 4.78 is 2.38. The number of fused-ring (bicyclic) bond motifs is 9. The number of para-hydroxylation sites is 2. The molecule has 2 heteroatoms. The van der Waals surface area contributed by atoms with Gasteiger partial charge in [-0.15, -0.1) is 0 Å². The topological polar surface area (TPSA) is 8.17 Å². The van der Waals surface area contributed by atoms with Gasteiger partial charge in [-0.05, 0) is 121 Å². The summed E-state index contributed by atoms with van der Waals surface area (Å²) in [5.41, 5.74) is 12.2. The average molecular weight is 635 g/mol. The Balaban J connectivity index is 1.18. The van der Waals surface area contributed by atoms with Gasteiger partial charge in [-0.2, -0.15) is 0 Å². The normalized spacial score (nSPS) is 12.0. The van der Waals surface area contributed by atoms with E-state index in [0.717, 1.165) is 22.7 Å². The minimum Gasteiger partial charge on any atom is -0.310 e. The Bertz CT molecular complexity index is 2990. The molecule has 232 valence electrons. The van der Waals surface area contributed by atoms with Gasteiger partial charge in [0.25, 0.3) is 0 Å². The van der Waals surface area contributed by atoms with Crippen LogP contribution in [0.5, 0.6) is 0 Å². The predicted octanol–water partition coefficient (Wildman–Crippen LogP) is 13.4. The number of nitrogens with zero attached hydrogens (tertiary/aromatic N) is 2. The van der Waals surface area contributed by atoms with Crippen LogP contribution < -0.4 is 4.90 Å². The highest BCUT2D eigenvalue weighted by Crippen LogP contribution is 2.52. The first-order chi connectivity index (χ1) is 24.8. The molecule has 10 aromatic rings. The summed E-state index contributed by atoms with van der Waals surface area (Å²) in [6.07, 6.45) is 0. The SMILES string of the molecule is c1ccc(-n2c3ccccc3c3cc(N(c4ccc5c(c4)-c4c6ccccc6cc6cccc-5c46)c4ccc5ccccc5c4)ccc32)cc1. The Labute approximate surface area is 289 Å². The fraction of sp³-hybridized carbons (Fsp3) is 0. The summed E-state index contributed by atoms with van der Waals surface area (Å²) in [6.45, 7) is 0. The van der Waals surface area contributed by atoms with Crippen LogP contribution in [0.25, 0.3) is 82.1 Å². The Morgan fingerprint density at radius 1 is 0.340 bits per heavy atom. The largest absolute Gasteiger partial charge is 0.310 e. The van der Waals surface area contributed by atoms with Crippen molar-refractivity contribution in [3.8, 4) is 27.9 Å². The molecule has 1 heterocycles. The number of hydrogen-bond donors (Lipinski definition) is 0. The van der Waals surface area contributed by atoms with Crippen molar-refractivity contribution >= 4 is 71.2 Å². The van der Waals surface area contributed by atoms with Crippen molar-refractivity contribution < 1.29 is 0 Å². The quantitative estimate of drug-likeness (QED) is 0.175. The van der Waals surface area contributed by atoms with Gasteiger partial charge >= 0.3 is 0 Å². The van der Waals surface area contributed by atoms with Crippen LogP contribution in [-0.2, 0) is 0 Å². The lowest BCUT2D eigenvalue weighted by molar-refractivity contribution is 1.18. The van der Waals surface area contributed by atoms with Gasteiger partial charge in [0, 0.05) is 33.5 Å². The highest BCUT2D eigenvalue weighted by atomic mass is 15.1. The van der Waals surface area contributed by atoms with Crippen LogP contribution in [0.4, 0.5) is 17.1 Å². The number of hydrogen-bond acceptors (Lipinski definition) is 1. The molecule has 0 bridgehead atoms. The summed E-state index contributed by atoms with van der Waals surface area (Å²) in [7, 11) is 0. The zero-order valence-electron chi connectivity index (χ0n) is 27.2. The second-order valence-electron chi connectivity index (χ2n) is 13.4. The monoisotopic (exact) mass is 634 g/mol. The molecule has 2 nitrogen and oxygen atoms in total. The van der Waals surface area contributed by atoms with Crippen LogP contribution in [0.1, 0.15) is 0 Å². The van der Waals surface area contributed by atoms with Gasteiger partial charge in [-0.25, -0.2) is 0 Å². The predicted molar refractivity (Wildman–Crippen MR) is 212 cm³/mol. The Morgan fingerprint density at radius 2 is 1.00 bits per heavy atom. The summed E-state index contributed by atoms with van der Waals surface area (Å²) in [5.74, 6) is 0. The molecule has 0 fully saturated rings. The smallest absolute Gasteiger partial charge is 0.0542 e. The lowest BCUT2D eigenvalue weighted by Crippen LogP contribution is -2.10. The van der Waals surface area contributed by atoms with Crippen LogP contribution in [-0.4, -0.2) is 4.57 Å². The van der Waals surface area contributed by atoms with Gasteiger partial charge in [-0.1, -0.05) is 115 Å². The highest BCUT2D eigenvalue weighted by molar-refractivity contribution is 6.24. The van der Waals surface area contributed by atoms with E-state index >= 15 is 0 Å². The maximum atomic E-state index is 2.44. The maximum Gasteiger partial charge on any atom is 0.0542 e. The van der Waals surface area contributed by atoms with Crippen molar-refractivity contribution in [2.24, 2.45) is 0 Å². The van der Waals surface area contributed by atoms with Crippen molar-refractivity contribution in [3.63, 3.8) is 0 Å². The molecule has 0 aliphatic heterocycles. The molecule has 0 atom stereocenters. The summed E-state index contributed by atoms with van der Waals surface area (Å²) >= 11 is 0. The van der Waals surface area contributed by atoms with Crippen molar-refractivity contribution in [1.82, 2.24) is 4.57 Å². The molecule has 0 saturated carbocycles. The number of aromatic nitrogens is 1. The van der Waals surface area contributed by atoms with Gasteiger partial charge in [0.05, 0.1) is 11.0 Å². The maximum absolute atomic E-state index is 2.44. The van der Waals surface area contributed by atoms with Crippen LogP contribution >= 0.6 is 0 Å². The van der Waals surface area contributed by atoms with E-state index in [1.165, 1.54) is 76.4 Å². The van der Waals surface area contributed by atoms with Gasteiger partial charge < -0.3 is 9.47 Å². The molecule has 0 amide bonds. The molecule has 0 spiro atoms. The van der Waals surface area contributed by atoms with Gasteiger partial charge in [-0.3, -0.25) is 0 Å². The molecular weight excluding hydrogens is 605 g/mol. The third kappa shape index (κ3) is 3.90. The molecule has 0 unspecified atom stereocenters. The Hall–Kier alpha value is -6.64. The van der Waals surface area contributed by atoms with E-state index < -0.39 is 0 Å². The fourth-order valence-corrected chi connectivity index (χ4v) is 8.46. The number of rotatable bonds is 4. The van der Waals surface area contributed by atoms with Crippen molar-refractivity contribution in [3.05, 3.63) is 182 Å². The first kappa shape index (κ1) is 27.3. The molecule has 11 rings (SSSR count). The summed E-state index contributed by atoms with van der Waals surface area (Å²) in [4.78, 5) is 2.44. The Kier molecular flexibility index (Phi) is 5.70. The van der Waals surface area contributed by atoms with Crippen molar-refractivity contribution in [1.29, 1.82) is 0 Å². The molecule has 1 aromatic heterocycles. The number of benzene rings is 9. The van der Waals surface area contributed by atoms with E-state index in [9.17, 15) is 0 Å². The van der Waals surface area contributed by atoms with Gasteiger partial charge in [0.15, 0.2) is 0 Å². The second-order valence-corrected chi connectivity index (χ2v) is 13.4. The first-order valence-corrected chi connectivity index (χ1v) is 17.3. The molecular formula is C48H30N2. The molecule has 0 N–H and O–H groups in total. The van der Waals surface area contributed by atoms with Gasteiger partial charge in [0.2, 0.25) is 0 Å². The van der Waals surface area contributed by atoms with E-state index in [2.05, 4.69) is 191 Å². The van der Waals surface area contributed by atoms with Gasteiger partial charge in [0.1, 0.15) is 0 Å². The van der Waals surface area contributed by atoms with E-state index in [1.807, 2.05) is 0 Å². The molecule has 1 aliphatic rings. The highest BCUT2D eigenvalue weighted by Gasteiger charge is 2.26. The molecule has 0 radical (unpaired) electrons. The van der Waals surface area contributed by atoms with E-state index in [-0.39, 0.29) is 0 Å². The molecule has 9 aromatic carbocycles. The minimum absolute atomic E-state index is 1.13. The third-order valence-corrected chi connectivity index (χ3v) is 10.6. The van der Waals surface area contributed by atoms with E-state index in [1.54, 1.807) is 0 Å². The summed E-state index contributed by atoms with van der Waals surface area (Å²) in [5, 5.41) is 10.2. The van der Waals surface area contributed by atoms with Crippen LogP contribution in [0.3, 0.4) is 0 Å². The first-order valence-electron chi connectivity index (χ1n) is 17.3. The van der Waals surface area contributed by atoms with Crippen molar-refractivity contribution in [2.75, 3.05) is 4.90 Å². The van der Waals surface area contributed by atoms with Crippen molar-refractivity contribution in [2.45, 2.75) is 0 Å². The molecule has 50 heavy (non-hydrogen) atoms. The second kappa shape index (κ2) is 10.4. The standard InChI is InChI=1S/C48H30N2/c1-2-15-35(16-3-1)50-45-20-9-8-18-41(45)43-29-38(24-26-46(43)50)49(36-22-21-31-11-4-5-12-32(31)28-36)37-23-25-40-42-19-10-14-34-27-33-13-6-7-17-39(33)48(47(34)42)44(40)30-37/h1-30H. The summed E-state index contributed by atoms with van der Waals surface area (Å²) in [6, 6.07) is 66.8. The molecule has 1 aliphatic carbocycles. The zero-order valence-corrected chi connectivity index (χ0v) is 27.2. The average Bonchev–Trinajstić information content (AvgIpc) is 3.69. The lowest BCUT2D eigenvalue weighted by atomic mass is 9.95. The zero-order chi connectivity index (χ0) is 32.8. The van der Waals surface area contributed by atoms with Crippen LogP contribution in [0.15, 0.2) is 182 Å². The van der Waals surface area contributed by atoms with Crippen LogP contribution in [0.2, 0.25) is 0 Å². The Morgan fingerprint density at radius 3 is 1.90 bits per heavy atom. The van der Waals surface area contributed by atoms with E-state index in [4.69, 9.17) is 0 Å². The fourth-order valence-electron chi connectivity index (χ4n) is 8.46.